The summed E-state index contributed by atoms with van der Waals surface area (Å²) in [6.45, 7) is 4.30. The first-order chi connectivity index (χ1) is 13.9. The molecule has 1 saturated carbocycles. The summed E-state index contributed by atoms with van der Waals surface area (Å²) in [6.07, 6.45) is 4.59. The quantitative estimate of drug-likeness (QED) is 0.703. The van der Waals surface area contributed by atoms with Crippen LogP contribution in [0, 0.1) is 11.8 Å². The molecule has 2 heterocycles. The van der Waals surface area contributed by atoms with Crippen molar-refractivity contribution in [2.75, 3.05) is 0 Å². The molecule has 7 nitrogen and oxygen atoms in total. The van der Waals surface area contributed by atoms with Gasteiger partial charge in [-0.15, -0.1) is 0 Å². The van der Waals surface area contributed by atoms with Crippen LogP contribution in [0.15, 0.2) is 39.9 Å². The number of amides is 1. The van der Waals surface area contributed by atoms with Crippen LogP contribution in [0.25, 0.3) is 22.4 Å². The molecule has 3 atom stereocenters. The first-order valence-corrected chi connectivity index (χ1v) is 10.2. The van der Waals surface area contributed by atoms with Gasteiger partial charge in [-0.2, -0.15) is 0 Å². The van der Waals surface area contributed by atoms with Gasteiger partial charge in [0, 0.05) is 16.6 Å². The minimum Gasteiger partial charge on any atom is -0.352 e. The van der Waals surface area contributed by atoms with Crippen molar-refractivity contribution in [3.63, 3.8) is 0 Å². The fraction of sp³-hybridized carbons (Fsp3) is 0.429. The van der Waals surface area contributed by atoms with Gasteiger partial charge in [-0.05, 0) is 30.4 Å². The van der Waals surface area contributed by atoms with E-state index in [0.29, 0.717) is 28.1 Å². The van der Waals surface area contributed by atoms with Crippen LogP contribution in [-0.4, -0.2) is 26.7 Å². The van der Waals surface area contributed by atoms with Crippen molar-refractivity contribution in [2.24, 2.45) is 11.8 Å². The van der Waals surface area contributed by atoms with E-state index in [0.717, 1.165) is 12.8 Å². The van der Waals surface area contributed by atoms with Gasteiger partial charge in [0.25, 0.3) is 11.3 Å². The second-order valence-corrected chi connectivity index (χ2v) is 8.27. The number of carbonyl (C=O) groups is 1. The van der Waals surface area contributed by atoms with Crippen LogP contribution in [0.3, 0.4) is 0 Å². The summed E-state index contributed by atoms with van der Waals surface area (Å²) in [6, 6.07) is 7.08. The van der Waals surface area contributed by atoms with E-state index in [2.05, 4.69) is 29.3 Å². The molecule has 0 spiro atoms. The lowest BCUT2D eigenvalue weighted by Crippen LogP contribution is -2.45. The minimum absolute atomic E-state index is 0.0926. The lowest BCUT2D eigenvalue weighted by molar-refractivity contribution is -0.123. The number of nitrogens with one attached hydrogen (secondary N) is 1. The molecule has 1 aliphatic carbocycles. The molecule has 1 fully saturated rings. The van der Waals surface area contributed by atoms with Gasteiger partial charge >= 0.3 is 0 Å². The van der Waals surface area contributed by atoms with E-state index in [1.54, 1.807) is 24.3 Å². The summed E-state index contributed by atoms with van der Waals surface area (Å²) >= 11 is 5.94. The summed E-state index contributed by atoms with van der Waals surface area (Å²) in [5.74, 6) is 0.803. The van der Waals surface area contributed by atoms with E-state index in [1.807, 2.05) is 0 Å². The smallest absolute Gasteiger partial charge is 0.267 e. The lowest BCUT2D eigenvalue weighted by Gasteiger charge is -2.34. The number of hydrogen-bond acceptors (Lipinski definition) is 5. The third kappa shape index (κ3) is 3.92. The average molecular weight is 415 g/mol. The van der Waals surface area contributed by atoms with Crippen molar-refractivity contribution in [2.45, 2.75) is 45.7 Å². The van der Waals surface area contributed by atoms with Crippen molar-refractivity contribution >= 4 is 28.6 Å². The Kier molecular flexibility index (Phi) is 5.41. The van der Waals surface area contributed by atoms with E-state index in [4.69, 9.17) is 16.1 Å². The zero-order valence-corrected chi connectivity index (χ0v) is 17.1. The molecule has 4 rings (SSSR count). The molecule has 29 heavy (non-hydrogen) atoms. The molecule has 0 saturated heterocycles. The number of benzene rings is 1. The fourth-order valence-corrected chi connectivity index (χ4v) is 4.12. The van der Waals surface area contributed by atoms with Crippen molar-refractivity contribution in [3.8, 4) is 11.3 Å². The summed E-state index contributed by atoms with van der Waals surface area (Å²) in [4.78, 5) is 29.8. The number of fused-ring (bicyclic) bond motifs is 1. The van der Waals surface area contributed by atoms with Crippen LogP contribution in [0.5, 0.6) is 0 Å². The van der Waals surface area contributed by atoms with Crippen LogP contribution < -0.4 is 10.9 Å². The van der Waals surface area contributed by atoms with Crippen molar-refractivity contribution in [1.29, 1.82) is 0 Å². The first kappa shape index (κ1) is 19.6. The van der Waals surface area contributed by atoms with Gasteiger partial charge in [0.1, 0.15) is 24.0 Å². The zero-order valence-electron chi connectivity index (χ0n) is 16.4. The Bertz CT molecular complexity index is 1090. The van der Waals surface area contributed by atoms with Gasteiger partial charge in [0.05, 0.1) is 0 Å². The molecule has 1 aliphatic rings. The molecule has 0 radical (unpaired) electrons. The Hall–Kier alpha value is -2.67. The van der Waals surface area contributed by atoms with E-state index >= 15 is 0 Å². The number of carbonyl (C=O) groups excluding carboxylic acids is 1. The topological polar surface area (TPSA) is 90.0 Å². The summed E-state index contributed by atoms with van der Waals surface area (Å²) < 4.78 is 6.51. The summed E-state index contributed by atoms with van der Waals surface area (Å²) in [7, 11) is 0. The molecule has 8 heteroatoms. The molecule has 2 aromatic heterocycles. The van der Waals surface area contributed by atoms with Gasteiger partial charge in [0.2, 0.25) is 5.91 Å². The number of hydrogen-bond donors (Lipinski definition) is 1. The number of rotatable bonds is 4. The molecule has 152 valence electrons. The largest absolute Gasteiger partial charge is 0.352 e. The van der Waals surface area contributed by atoms with Crippen LogP contribution in [0.4, 0.5) is 0 Å². The van der Waals surface area contributed by atoms with Gasteiger partial charge in [-0.25, -0.2) is 4.98 Å². The van der Waals surface area contributed by atoms with E-state index < -0.39 is 0 Å². The van der Waals surface area contributed by atoms with Crippen LogP contribution in [0.2, 0.25) is 5.02 Å². The Balaban J connectivity index is 1.59. The maximum atomic E-state index is 13.0. The predicted molar refractivity (Wildman–Crippen MR) is 111 cm³/mol. The van der Waals surface area contributed by atoms with Crippen molar-refractivity contribution < 1.29 is 9.32 Å². The number of nitrogens with zero attached hydrogens (tertiary/aromatic N) is 3. The zero-order chi connectivity index (χ0) is 20.5. The summed E-state index contributed by atoms with van der Waals surface area (Å²) in [5, 5.41) is 7.92. The highest BCUT2D eigenvalue weighted by Crippen LogP contribution is 2.29. The Morgan fingerprint density at radius 1 is 1.28 bits per heavy atom. The SMILES string of the molecule is C[C@H]1[C@H](C)CCC[C@H]1NC(=O)Cn1cnc2onc(-c3ccc(Cl)cc3)c2c1=O. The second kappa shape index (κ2) is 7.99. The van der Waals surface area contributed by atoms with Gasteiger partial charge in [0.15, 0.2) is 0 Å². The molecular formula is C21H23ClN4O3. The molecular weight excluding hydrogens is 392 g/mol. The Morgan fingerprint density at radius 2 is 2.03 bits per heavy atom. The second-order valence-electron chi connectivity index (χ2n) is 7.84. The number of aromatic nitrogens is 3. The molecule has 0 unspecified atom stereocenters. The van der Waals surface area contributed by atoms with Crippen LogP contribution >= 0.6 is 11.6 Å². The molecule has 0 bridgehead atoms. The van der Waals surface area contributed by atoms with Crippen molar-refractivity contribution in [1.82, 2.24) is 20.0 Å². The molecule has 1 amide bonds. The van der Waals surface area contributed by atoms with Gasteiger partial charge < -0.3 is 9.84 Å². The maximum absolute atomic E-state index is 13.0. The van der Waals surface area contributed by atoms with Crippen molar-refractivity contribution in [3.05, 3.63) is 46.0 Å². The predicted octanol–water partition coefficient (Wildman–Crippen LogP) is 3.65. The Morgan fingerprint density at radius 3 is 2.79 bits per heavy atom. The maximum Gasteiger partial charge on any atom is 0.267 e. The molecule has 3 aromatic rings. The molecule has 1 aromatic carbocycles. The average Bonchev–Trinajstić information content (AvgIpc) is 3.13. The first-order valence-electron chi connectivity index (χ1n) is 9.84. The third-order valence-corrected chi connectivity index (χ3v) is 6.20. The normalized spacial score (nSPS) is 22.0. The lowest BCUT2D eigenvalue weighted by atomic mass is 9.78. The van der Waals surface area contributed by atoms with Gasteiger partial charge in [-0.1, -0.05) is 55.6 Å². The van der Waals surface area contributed by atoms with Crippen LogP contribution in [-0.2, 0) is 11.3 Å². The van der Waals surface area contributed by atoms with E-state index in [9.17, 15) is 9.59 Å². The third-order valence-electron chi connectivity index (χ3n) is 5.95. The molecule has 0 aliphatic heterocycles. The number of halogens is 1. The standard InChI is InChI=1S/C21H23ClN4O3/c1-12-4-3-5-16(13(12)2)24-17(27)10-26-11-23-20-18(21(26)28)19(25-29-20)14-6-8-15(22)9-7-14/h6-9,11-13,16H,3-5,10H2,1-2H3,(H,24,27)/t12-,13+,16-/m1/s1. The minimum atomic E-state index is -0.360. The van der Waals surface area contributed by atoms with Crippen LogP contribution in [0.1, 0.15) is 33.1 Å². The van der Waals surface area contributed by atoms with Gasteiger partial charge in [-0.3, -0.25) is 14.2 Å². The van der Waals surface area contributed by atoms with E-state index in [-0.39, 0.29) is 35.2 Å². The highest BCUT2D eigenvalue weighted by molar-refractivity contribution is 6.30. The Labute approximate surface area is 173 Å². The molecule has 1 N–H and O–H groups in total. The van der Waals surface area contributed by atoms with E-state index in [1.165, 1.54) is 17.3 Å². The monoisotopic (exact) mass is 414 g/mol. The fourth-order valence-electron chi connectivity index (χ4n) is 3.99. The highest BCUT2D eigenvalue weighted by Gasteiger charge is 2.28. The highest BCUT2D eigenvalue weighted by atomic mass is 35.5. The summed E-state index contributed by atoms with van der Waals surface area (Å²) in [5.41, 5.74) is 0.866.